The van der Waals surface area contributed by atoms with Gasteiger partial charge in [-0.2, -0.15) is 0 Å². The number of halogens is 2. The zero-order chi connectivity index (χ0) is 28.9. The van der Waals surface area contributed by atoms with Crippen LogP contribution < -0.4 is 21.7 Å². The molecular formula is C29H25F2N7O2S. The molecule has 0 unspecified atom stereocenters. The summed E-state index contributed by atoms with van der Waals surface area (Å²) in [7, 11) is 0. The molecule has 0 fully saturated rings. The van der Waals surface area contributed by atoms with Gasteiger partial charge in [-0.1, -0.05) is 19.1 Å². The second-order valence-corrected chi connectivity index (χ2v) is 10.2. The predicted octanol–water partition coefficient (Wildman–Crippen LogP) is 5.50. The van der Waals surface area contributed by atoms with Gasteiger partial charge in [0.25, 0.3) is 5.91 Å². The van der Waals surface area contributed by atoms with Gasteiger partial charge in [-0.25, -0.2) is 23.7 Å². The Morgan fingerprint density at radius 3 is 2.61 bits per heavy atom. The second kappa shape index (κ2) is 12.0. The average molecular weight is 574 g/mol. The van der Waals surface area contributed by atoms with Gasteiger partial charge in [0, 0.05) is 28.1 Å². The number of fused-ring (bicyclic) bond motifs is 1. The van der Waals surface area contributed by atoms with Gasteiger partial charge >= 0.3 is 0 Å². The fourth-order valence-electron chi connectivity index (χ4n) is 4.05. The van der Waals surface area contributed by atoms with Crippen molar-refractivity contribution in [3.05, 3.63) is 94.8 Å². The number of carbonyl (C=O) groups is 2. The smallest absolute Gasteiger partial charge is 0.255 e. The summed E-state index contributed by atoms with van der Waals surface area (Å²) in [6, 6.07) is 14.7. The number of pyridine rings is 1. The standard InChI is InChI=1S/C29H25F2N7O2S/c1-2-26(39)38-18-11-21(29(40)35-12-16-3-6-22(30)23(31)9-16)28(33-13-18)34-14-19-5-8-25(41-19)17-4-7-24-20(10-17)27(32)37-15-36-24/h3-11,13,15H,2,12,14H2,1H3,(H,33,34)(H,35,40)(H,38,39)(H2,32,36,37). The van der Waals surface area contributed by atoms with Crippen LogP contribution in [0.15, 0.2) is 67.1 Å². The Morgan fingerprint density at radius 1 is 0.951 bits per heavy atom. The number of hydrogen-bond acceptors (Lipinski definition) is 8. The van der Waals surface area contributed by atoms with Crippen molar-refractivity contribution in [2.45, 2.75) is 26.4 Å². The number of carbonyl (C=O) groups excluding carboxylic acids is 2. The maximum Gasteiger partial charge on any atom is 0.255 e. The summed E-state index contributed by atoms with van der Waals surface area (Å²) in [5.74, 6) is -1.98. The molecule has 0 aliphatic rings. The fraction of sp³-hybridized carbons (Fsp3) is 0.138. The number of amides is 2. The minimum absolute atomic E-state index is 0.0311. The minimum atomic E-state index is -0.999. The average Bonchev–Trinajstić information content (AvgIpc) is 3.46. The van der Waals surface area contributed by atoms with Gasteiger partial charge in [0.05, 0.1) is 29.5 Å². The Hall–Kier alpha value is -4.97. The minimum Gasteiger partial charge on any atom is -0.383 e. The summed E-state index contributed by atoms with van der Waals surface area (Å²) in [4.78, 5) is 39.7. The van der Waals surface area contributed by atoms with E-state index in [-0.39, 0.29) is 24.4 Å². The quantitative estimate of drug-likeness (QED) is 0.183. The summed E-state index contributed by atoms with van der Waals surface area (Å²) in [6.07, 6.45) is 3.15. The molecule has 5 rings (SSSR count). The molecule has 0 spiro atoms. The SMILES string of the molecule is CCC(=O)Nc1cnc(NCc2ccc(-c3ccc4ncnc(N)c4c3)s2)c(C(=O)NCc2ccc(F)c(F)c2)c1. The summed E-state index contributed by atoms with van der Waals surface area (Å²) >= 11 is 1.56. The number of nitrogens with one attached hydrogen (secondary N) is 3. The highest BCUT2D eigenvalue weighted by molar-refractivity contribution is 7.15. The zero-order valence-corrected chi connectivity index (χ0v) is 22.7. The van der Waals surface area contributed by atoms with Crippen molar-refractivity contribution in [3.8, 4) is 10.4 Å². The molecule has 0 atom stereocenters. The number of aromatic nitrogens is 3. The van der Waals surface area contributed by atoms with Gasteiger partial charge in [0.15, 0.2) is 11.6 Å². The third kappa shape index (κ3) is 6.44. The molecule has 9 nitrogen and oxygen atoms in total. The van der Waals surface area contributed by atoms with Crippen LogP contribution in [0.5, 0.6) is 0 Å². The normalized spacial score (nSPS) is 10.9. The maximum absolute atomic E-state index is 13.6. The van der Waals surface area contributed by atoms with Crippen LogP contribution in [-0.2, 0) is 17.9 Å². The van der Waals surface area contributed by atoms with E-state index in [0.717, 1.165) is 38.4 Å². The Bertz CT molecular complexity index is 1760. The summed E-state index contributed by atoms with van der Waals surface area (Å²) in [5, 5.41) is 9.37. The number of thiophene rings is 1. The highest BCUT2D eigenvalue weighted by atomic mass is 32.1. The third-order valence-corrected chi connectivity index (χ3v) is 7.35. The molecule has 5 aromatic rings. The van der Waals surface area contributed by atoms with Crippen LogP contribution in [0.1, 0.15) is 34.1 Å². The molecule has 0 aliphatic carbocycles. The van der Waals surface area contributed by atoms with Gasteiger partial charge in [-0.05, 0) is 53.6 Å². The van der Waals surface area contributed by atoms with Crippen molar-refractivity contribution in [2.24, 2.45) is 0 Å². The first kappa shape index (κ1) is 27.6. The van der Waals surface area contributed by atoms with E-state index in [0.29, 0.717) is 29.4 Å². The first-order chi connectivity index (χ1) is 19.8. The summed E-state index contributed by atoms with van der Waals surface area (Å²) in [6.45, 7) is 2.06. The van der Waals surface area contributed by atoms with Crippen molar-refractivity contribution < 1.29 is 18.4 Å². The zero-order valence-electron chi connectivity index (χ0n) is 21.9. The van der Waals surface area contributed by atoms with Gasteiger partial charge in [0.1, 0.15) is 18.0 Å². The first-order valence-corrected chi connectivity index (χ1v) is 13.5. The molecule has 0 aliphatic heterocycles. The van der Waals surface area contributed by atoms with Gasteiger partial charge in [-0.15, -0.1) is 11.3 Å². The maximum atomic E-state index is 13.6. The molecule has 3 heterocycles. The highest BCUT2D eigenvalue weighted by Gasteiger charge is 2.16. The number of nitrogen functional groups attached to an aromatic ring is 1. The number of rotatable bonds is 9. The molecule has 208 valence electrons. The van der Waals surface area contributed by atoms with E-state index in [1.807, 2.05) is 30.3 Å². The van der Waals surface area contributed by atoms with E-state index < -0.39 is 17.5 Å². The monoisotopic (exact) mass is 573 g/mol. The van der Waals surface area contributed by atoms with Crippen LogP contribution in [0.3, 0.4) is 0 Å². The Balaban J connectivity index is 1.33. The van der Waals surface area contributed by atoms with E-state index in [2.05, 4.69) is 30.9 Å². The lowest BCUT2D eigenvalue weighted by Gasteiger charge is -2.13. The number of anilines is 3. The van der Waals surface area contributed by atoms with Crippen LogP contribution in [0.25, 0.3) is 21.3 Å². The fourth-order valence-corrected chi connectivity index (χ4v) is 5.00. The molecule has 3 aromatic heterocycles. The lowest BCUT2D eigenvalue weighted by atomic mass is 10.1. The Morgan fingerprint density at radius 2 is 1.80 bits per heavy atom. The third-order valence-electron chi connectivity index (χ3n) is 6.22. The second-order valence-electron chi connectivity index (χ2n) is 9.06. The molecule has 0 bridgehead atoms. The van der Waals surface area contributed by atoms with E-state index in [4.69, 9.17) is 5.73 Å². The summed E-state index contributed by atoms with van der Waals surface area (Å²) < 4.78 is 26.9. The topological polar surface area (TPSA) is 135 Å². The van der Waals surface area contributed by atoms with Crippen molar-refractivity contribution >= 4 is 51.4 Å². The molecule has 0 radical (unpaired) electrons. The number of hydrogen-bond donors (Lipinski definition) is 4. The molecule has 12 heteroatoms. The summed E-state index contributed by atoms with van der Waals surface area (Å²) in [5.41, 5.74) is 8.69. The van der Waals surface area contributed by atoms with Gasteiger partial charge < -0.3 is 21.7 Å². The van der Waals surface area contributed by atoms with Crippen LogP contribution in [0.4, 0.5) is 26.1 Å². The molecule has 0 saturated carbocycles. The number of nitrogens with zero attached hydrogens (tertiary/aromatic N) is 3. The molecule has 41 heavy (non-hydrogen) atoms. The number of nitrogens with two attached hydrogens (primary N) is 1. The van der Waals surface area contributed by atoms with Crippen LogP contribution in [0.2, 0.25) is 0 Å². The molecule has 5 N–H and O–H groups in total. The Kier molecular flexibility index (Phi) is 8.11. The van der Waals surface area contributed by atoms with E-state index >= 15 is 0 Å². The lowest BCUT2D eigenvalue weighted by Crippen LogP contribution is -2.25. The first-order valence-electron chi connectivity index (χ1n) is 12.7. The van der Waals surface area contributed by atoms with Crippen molar-refractivity contribution in [3.63, 3.8) is 0 Å². The molecule has 2 amide bonds. The molecule has 0 saturated heterocycles. The van der Waals surface area contributed by atoms with Crippen LogP contribution >= 0.6 is 11.3 Å². The lowest BCUT2D eigenvalue weighted by molar-refractivity contribution is -0.115. The van der Waals surface area contributed by atoms with Crippen LogP contribution in [-0.4, -0.2) is 26.8 Å². The predicted molar refractivity (Wildman–Crippen MR) is 155 cm³/mol. The Labute approximate surface area is 237 Å². The van der Waals surface area contributed by atoms with E-state index in [1.54, 1.807) is 18.3 Å². The number of benzene rings is 2. The largest absolute Gasteiger partial charge is 0.383 e. The van der Waals surface area contributed by atoms with Crippen molar-refractivity contribution in [1.82, 2.24) is 20.3 Å². The van der Waals surface area contributed by atoms with E-state index in [9.17, 15) is 18.4 Å². The molecule has 2 aromatic carbocycles. The van der Waals surface area contributed by atoms with E-state index in [1.165, 1.54) is 24.7 Å². The van der Waals surface area contributed by atoms with Crippen LogP contribution in [0, 0.1) is 11.6 Å². The van der Waals surface area contributed by atoms with Gasteiger partial charge in [0.2, 0.25) is 5.91 Å². The highest BCUT2D eigenvalue weighted by Crippen LogP contribution is 2.32. The van der Waals surface area contributed by atoms with Gasteiger partial charge in [-0.3, -0.25) is 9.59 Å². The van der Waals surface area contributed by atoms with Crippen molar-refractivity contribution in [1.29, 1.82) is 0 Å². The molecular weight excluding hydrogens is 548 g/mol. The van der Waals surface area contributed by atoms with Crippen molar-refractivity contribution in [2.75, 3.05) is 16.4 Å².